The van der Waals surface area contributed by atoms with Crippen molar-refractivity contribution in [2.24, 2.45) is 0 Å². The first kappa shape index (κ1) is 15.8. The topological polar surface area (TPSA) is 74.6 Å². The Labute approximate surface area is 73.8 Å². The SMILES string of the molecule is O=C(O)C(=O)O.[Mo].[W]. The molecule has 46 valence electrons. The molecule has 0 aromatic carbocycles. The molecule has 0 aliphatic rings. The van der Waals surface area contributed by atoms with Crippen LogP contribution >= 0.6 is 0 Å². The third-order valence-electron chi connectivity index (χ3n) is 0.183. The van der Waals surface area contributed by atoms with Crippen LogP contribution in [0, 0.1) is 0 Å². The minimum atomic E-state index is -1.82. The minimum Gasteiger partial charge on any atom is -0.473 e. The van der Waals surface area contributed by atoms with Crippen molar-refractivity contribution in [3.63, 3.8) is 0 Å². The van der Waals surface area contributed by atoms with E-state index in [1.807, 2.05) is 0 Å². The summed E-state index contributed by atoms with van der Waals surface area (Å²) in [6.07, 6.45) is 0. The Balaban J connectivity index is -0.000000125. The Morgan fingerprint density at radius 3 is 1.12 bits per heavy atom. The Morgan fingerprint density at radius 2 is 1.12 bits per heavy atom. The molecule has 0 unspecified atom stereocenters. The van der Waals surface area contributed by atoms with Gasteiger partial charge in [0, 0.05) is 42.1 Å². The predicted molar refractivity (Wildman–Crippen MR) is 15.3 cm³/mol. The number of hydrogen-bond acceptors (Lipinski definition) is 2. The van der Waals surface area contributed by atoms with Gasteiger partial charge in [0.05, 0.1) is 0 Å². The van der Waals surface area contributed by atoms with Gasteiger partial charge in [-0.15, -0.1) is 0 Å². The molecule has 0 aromatic rings. The maximum atomic E-state index is 9.10. The van der Waals surface area contributed by atoms with Crippen molar-refractivity contribution in [3.05, 3.63) is 0 Å². The van der Waals surface area contributed by atoms with E-state index < -0.39 is 11.9 Å². The van der Waals surface area contributed by atoms with Crippen molar-refractivity contribution in [1.29, 1.82) is 0 Å². The molecule has 0 amide bonds. The summed E-state index contributed by atoms with van der Waals surface area (Å²) in [6.45, 7) is 0. The average molecular weight is 370 g/mol. The predicted octanol–water partition coefficient (Wildman–Crippen LogP) is -0.849. The van der Waals surface area contributed by atoms with Gasteiger partial charge in [0.15, 0.2) is 0 Å². The zero-order valence-electron chi connectivity index (χ0n) is 3.53. The molecule has 0 fully saturated rings. The Bertz CT molecular complexity index is 80.0. The molecule has 0 aliphatic carbocycles. The van der Waals surface area contributed by atoms with Gasteiger partial charge in [-0.05, 0) is 0 Å². The zero-order valence-corrected chi connectivity index (χ0v) is 8.47. The summed E-state index contributed by atoms with van der Waals surface area (Å²) in [4.78, 5) is 18.2. The van der Waals surface area contributed by atoms with Crippen molar-refractivity contribution < 1.29 is 61.9 Å². The van der Waals surface area contributed by atoms with Crippen molar-refractivity contribution in [3.8, 4) is 0 Å². The van der Waals surface area contributed by atoms with Crippen LogP contribution in [0.3, 0.4) is 0 Å². The molecule has 0 aromatic heterocycles. The van der Waals surface area contributed by atoms with Gasteiger partial charge in [0.1, 0.15) is 0 Å². The van der Waals surface area contributed by atoms with Gasteiger partial charge in [-0.25, -0.2) is 9.59 Å². The van der Waals surface area contributed by atoms with Crippen molar-refractivity contribution in [2.75, 3.05) is 0 Å². The number of rotatable bonds is 0. The molecule has 0 aliphatic heterocycles. The first-order valence-electron chi connectivity index (χ1n) is 1.11. The van der Waals surface area contributed by atoms with Gasteiger partial charge in [-0.1, -0.05) is 0 Å². The number of carboxylic acids is 2. The van der Waals surface area contributed by atoms with E-state index in [0.29, 0.717) is 0 Å². The number of aliphatic carboxylic acids is 2. The Hall–Kier alpha value is 0.317. The third-order valence-corrected chi connectivity index (χ3v) is 0.183. The Kier molecular flexibility index (Phi) is 14.4. The third kappa shape index (κ3) is 9.58. The standard InChI is InChI=1S/C2H2O4.Mo.W/c3-1(4)2(5)6;;/h(H,3,4)(H,5,6);;. The van der Waals surface area contributed by atoms with Crippen LogP contribution in [0.5, 0.6) is 0 Å². The molecule has 6 heteroatoms. The molecular weight excluding hydrogens is 368 g/mol. The van der Waals surface area contributed by atoms with Crippen LogP contribution in [0.25, 0.3) is 0 Å². The molecule has 4 nitrogen and oxygen atoms in total. The molecule has 0 atom stereocenters. The molecule has 0 saturated carbocycles. The molecule has 2 N–H and O–H groups in total. The van der Waals surface area contributed by atoms with E-state index in [-0.39, 0.29) is 42.1 Å². The second-order valence-corrected chi connectivity index (χ2v) is 0.610. The van der Waals surface area contributed by atoms with Crippen molar-refractivity contribution >= 4 is 11.9 Å². The monoisotopic (exact) mass is 372 g/mol. The van der Waals surface area contributed by atoms with Crippen molar-refractivity contribution in [2.45, 2.75) is 0 Å². The normalized spacial score (nSPS) is 5.50. The molecule has 0 radical (unpaired) electrons. The van der Waals surface area contributed by atoms with E-state index >= 15 is 0 Å². The van der Waals surface area contributed by atoms with Crippen LogP contribution in [0.1, 0.15) is 0 Å². The minimum absolute atomic E-state index is 0. The number of carboxylic acid groups (broad SMARTS) is 2. The fourth-order valence-electron chi connectivity index (χ4n) is 0. The number of hydrogen-bond donors (Lipinski definition) is 2. The summed E-state index contributed by atoms with van der Waals surface area (Å²) in [6, 6.07) is 0. The first-order valence-corrected chi connectivity index (χ1v) is 1.11. The van der Waals surface area contributed by atoms with Gasteiger partial charge in [-0.3, -0.25) is 0 Å². The van der Waals surface area contributed by atoms with E-state index in [1.165, 1.54) is 0 Å². The van der Waals surface area contributed by atoms with Crippen LogP contribution in [0.15, 0.2) is 0 Å². The van der Waals surface area contributed by atoms with Crippen LogP contribution in [-0.2, 0) is 51.7 Å². The van der Waals surface area contributed by atoms with E-state index in [4.69, 9.17) is 19.8 Å². The van der Waals surface area contributed by atoms with Gasteiger partial charge in [-0.2, -0.15) is 0 Å². The van der Waals surface area contributed by atoms with Crippen LogP contribution in [-0.4, -0.2) is 22.2 Å². The first-order chi connectivity index (χ1) is 2.64. The second kappa shape index (κ2) is 7.32. The molecule has 0 spiro atoms. The fraction of sp³-hybridized carbons (Fsp3) is 0. The summed E-state index contributed by atoms with van der Waals surface area (Å²) >= 11 is 0. The van der Waals surface area contributed by atoms with Gasteiger partial charge in [0.2, 0.25) is 0 Å². The summed E-state index contributed by atoms with van der Waals surface area (Å²) < 4.78 is 0. The van der Waals surface area contributed by atoms with Gasteiger partial charge in [0.25, 0.3) is 0 Å². The molecular formula is C2H2MoO4W. The quantitative estimate of drug-likeness (QED) is 0.431. The smallest absolute Gasteiger partial charge is 0.414 e. The van der Waals surface area contributed by atoms with E-state index in [2.05, 4.69) is 0 Å². The van der Waals surface area contributed by atoms with Crippen LogP contribution in [0.4, 0.5) is 0 Å². The van der Waals surface area contributed by atoms with E-state index in [0.717, 1.165) is 0 Å². The maximum absolute atomic E-state index is 9.10. The van der Waals surface area contributed by atoms with Gasteiger partial charge >= 0.3 is 11.9 Å². The maximum Gasteiger partial charge on any atom is 0.414 e. The van der Waals surface area contributed by atoms with E-state index in [9.17, 15) is 0 Å². The van der Waals surface area contributed by atoms with Gasteiger partial charge < -0.3 is 10.2 Å². The molecule has 0 saturated heterocycles. The van der Waals surface area contributed by atoms with E-state index in [1.54, 1.807) is 0 Å². The Morgan fingerprint density at radius 1 is 1.00 bits per heavy atom. The summed E-state index contributed by atoms with van der Waals surface area (Å²) in [5.74, 6) is -3.65. The fourth-order valence-corrected chi connectivity index (χ4v) is 0. The van der Waals surface area contributed by atoms with Crippen LogP contribution < -0.4 is 0 Å². The van der Waals surface area contributed by atoms with Crippen molar-refractivity contribution in [1.82, 2.24) is 0 Å². The second-order valence-electron chi connectivity index (χ2n) is 0.610. The molecule has 0 heterocycles. The summed E-state index contributed by atoms with van der Waals surface area (Å²) in [5.41, 5.74) is 0. The molecule has 8 heavy (non-hydrogen) atoms. The molecule has 0 rings (SSSR count). The zero-order chi connectivity index (χ0) is 5.15. The van der Waals surface area contributed by atoms with Crippen LogP contribution in [0.2, 0.25) is 0 Å². The summed E-state index contributed by atoms with van der Waals surface area (Å²) in [5, 5.41) is 14.8. The number of carbonyl (C=O) groups is 2. The largest absolute Gasteiger partial charge is 0.473 e. The summed E-state index contributed by atoms with van der Waals surface area (Å²) in [7, 11) is 0. The molecule has 0 bridgehead atoms. The average Bonchev–Trinajstić information content (AvgIpc) is 1.36.